The summed E-state index contributed by atoms with van der Waals surface area (Å²) in [5.74, 6) is -0.156. The highest BCUT2D eigenvalue weighted by molar-refractivity contribution is 6.32. The van der Waals surface area contributed by atoms with Crippen molar-refractivity contribution < 1.29 is 9.18 Å². The van der Waals surface area contributed by atoms with Gasteiger partial charge in [0, 0.05) is 22.6 Å². The molecule has 30 heavy (non-hydrogen) atoms. The number of amides is 1. The van der Waals surface area contributed by atoms with Gasteiger partial charge in [0.1, 0.15) is 11.9 Å². The Labute approximate surface area is 180 Å². The van der Waals surface area contributed by atoms with Crippen LogP contribution in [0.15, 0.2) is 71.7 Å². The van der Waals surface area contributed by atoms with E-state index in [1.807, 2.05) is 18.2 Å². The molecule has 0 saturated heterocycles. The number of benzodiazepines with no additional fused rings is 1. The molecule has 0 saturated carbocycles. The molecule has 0 fully saturated rings. The molecule has 1 unspecified atom stereocenters. The highest BCUT2D eigenvalue weighted by atomic mass is 35.5. The zero-order valence-corrected chi connectivity index (χ0v) is 17.6. The number of hydrogen-bond donors (Lipinski definition) is 1. The Morgan fingerprint density at radius 2 is 1.80 bits per heavy atom. The molecule has 1 heterocycles. The number of fused-ring (bicyclic) bond motifs is 1. The molecule has 3 nitrogen and oxygen atoms in total. The fourth-order valence-electron chi connectivity index (χ4n) is 3.79. The first-order valence-corrected chi connectivity index (χ1v) is 10.3. The molecule has 0 aliphatic carbocycles. The van der Waals surface area contributed by atoms with Crippen LogP contribution < -0.4 is 5.32 Å². The van der Waals surface area contributed by atoms with Crippen LogP contribution in [0.5, 0.6) is 0 Å². The maximum absolute atomic E-state index is 13.5. The van der Waals surface area contributed by atoms with E-state index in [9.17, 15) is 9.18 Å². The van der Waals surface area contributed by atoms with Crippen LogP contribution in [0, 0.1) is 5.82 Å². The van der Waals surface area contributed by atoms with Crippen molar-refractivity contribution in [1.29, 1.82) is 0 Å². The van der Waals surface area contributed by atoms with Crippen molar-refractivity contribution in [2.24, 2.45) is 4.99 Å². The maximum atomic E-state index is 13.5. The second-order valence-electron chi connectivity index (χ2n) is 7.74. The van der Waals surface area contributed by atoms with Crippen LogP contribution in [-0.4, -0.2) is 17.7 Å². The molecule has 1 N–H and O–H groups in total. The second kappa shape index (κ2) is 8.41. The lowest BCUT2D eigenvalue weighted by atomic mass is 9.93. The third-order valence-corrected chi connectivity index (χ3v) is 5.53. The SMILES string of the molecule is CC(C)c1ccccc1CC1N=C(c2ccc(F)cc2)c2cc(Cl)ccc2NC1=O. The van der Waals surface area contributed by atoms with E-state index in [1.165, 1.54) is 17.7 Å². The third kappa shape index (κ3) is 4.14. The van der Waals surface area contributed by atoms with Crippen LogP contribution in [0.3, 0.4) is 0 Å². The lowest BCUT2D eigenvalue weighted by molar-refractivity contribution is -0.117. The summed E-state index contributed by atoms with van der Waals surface area (Å²) in [5.41, 5.74) is 5.03. The van der Waals surface area contributed by atoms with E-state index < -0.39 is 6.04 Å². The summed E-state index contributed by atoms with van der Waals surface area (Å²) in [6.07, 6.45) is 0.479. The Kier molecular flexibility index (Phi) is 5.69. The number of carbonyl (C=O) groups is 1. The van der Waals surface area contributed by atoms with Crippen molar-refractivity contribution >= 4 is 28.9 Å². The van der Waals surface area contributed by atoms with Crippen molar-refractivity contribution in [3.05, 3.63) is 99.8 Å². The van der Waals surface area contributed by atoms with E-state index >= 15 is 0 Å². The average molecular weight is 421 g/mol. The number of anilines is 1. The molecular weight excluding hydrogens is 399 g/mol. The summed E-state index contributed by atoms with van der Waals surface area (Å²) < 4.78 is 13.5. The van der Waals surface area contributed by atoms with Gasteiger partial charge in [0.05, 0.1) is 11.4 Å². The van der Waals surface area contributed by atoms with E-state index in [-0.39, 0.29) is 11.7 Å². The quantitative estimate of drug-likeness (QED) is 0.552. The zero-order valence-electron chi connectivity index (χ0n) is 16.8. The predicted octanol–water partition coefficient (Wildman–Crippen LogP) is 6.00. The number of aliphatic imine (C=N–C) groups is 1. The predicted molar refractivity (Wildman–Crippen MR) is 120 cm³/mol. The smallest absolute Gasteiger partial charge is 0.249 e. The minimum atomic E-state index is -0.615. The van der Waals surface area contributed by atoms with Gasteiger partial charge in [-0.2, -0.15) is 0 Å². The Hall–Kier alpha value is -2.98. The number of rotatable bonds is 4. The molecule has 0 spiro atoms. The van der Waals surface area contributed by atoms with Crippen molar-refractivity contribution in [3.63, 3.8) is 0 Å². The van der Waals surface area contributed by atoms with Gasteiger partial charge < -0.3 is 5.32 Å². The molecule has 4 rings (SSSR count). The Morgan fingerprint density at radius 3 is 2.53 bits per heavy atom. The normalized spacial score (nSPS) is 16.0. The number of nitrogens with one attached hydrogen (secondary N) is 1. The van der Waals surface area contributed by atoms with Crippen LogP contribution in [0.25, 0.3) is 0 Å². The zero-order chi connectivity index (χ0) is 21.3. The van der Waals surface area contributed by atoms with Crippen molar-refractivity contribution in [2.45, 2.75) is 32.2 Å². The molecular formula is C25H22ClFN2O. The summed E-state index contributed by atoms with van der Waals surface area (Å²) in [6.45, 7) is 4.27. The largest absolute Gasteiger partial charge is 0.324 e. The maximum Gasteiger partial charge on any atom is 0.249 e. The highest BCUT2D eigenvalue weighted by Crippen LogP contribution is 2.29. The Morgan fingerprint density at radius 1 is 1.07 bits per heavy atom. The van der Waals surface area contributed by atoms with Gasteiger partial charge in [0.15, 0.2) is 0 Å². The Bertz CT molecular complexity index is 1120. The van der Waals surface area contributed by atoms with Gasteiger partial charge >= 0.3 is 0 Å². The van der Waals surface area contributed by atoms with Crippen LogP contribution in [-0.2, 0) is 11.2 Å². The standard InChI is InChI=1S/C25H22ClFN2O/c1-15(2)20-6-4-3-5-17(20)13-23-25(30)29-22-12-9-18(26)14-21(22)24(28-23)16-7-10-19(27)11-8-16/h3-12,14-15,23H,13H2,1-2H3,(H,29,30). The number of nitrogens with zero attached hydrogens (tertiary/aromatic N) is 1. The van der Waals surface area contributed by atoms with Gasteiger partial charge in [-0.25, -0.2) is 4.39 Å². The van der Waals surface area contributed by atoms with Crippen molar-refractivity contribution in [1.82, 2.24) is 0 Å². The van der Waals surface area contributed by atoms with Crippen molar-refractivity contribution in [2.75, 3.05) is 5.32 Å². The Balaban J connectivity index is 1.82. The lowest BCUT2D eigenvalue weighted by Crippen LogP contribution is -2.28. The van der Waals surface area contributed by atoms with Crippen molar-refractivity contribution in [3.8, 4) is 0 Å². The number of hydrogen-bond acceptors (Lipinski definition) is 2. The summed E-state index contributed by atoms with van der Waals surface area (Å²) in [5, 5.41) is 3.54. The first-order chi connectivity index (χ1) is 14.4. The second-order valence-corrected chi connectivity index (χ2v) is 8.17. The number of carbonyl (C=O) groups excluding carboxylic acids is 1. The summed E-state index contributed by atoms with van der Waals surface area (Å²) in [6, 6.07) is 18.9. The van der Waals surface area contributed by atoms with Gasteiger partial charge in [0.25, 0.3) is 0 Å². The fraction of sp³-hybridized carbons (Fsp3) is 0.200. The van der Waals surface area contributed by atoms with Crippen LogP contribution in [0.4, 0.5) is 10.1 Å². The molecule has 152 valence electrons. The summed E-state index contributed by atoms with van der Waals surface area (Å²) >= 11 is 6.24. The van der Waals surface area contributed by atoms with E-state index in [2.05, 4.69) is 25.2 Å². The first kappa shape index (κ1) is 20.3. The van der Waals surface area contributed by atoms with Gasteiger partial charge in [0.2, 0.25) is 5.91 Å². The number of benzene rings is 3. The topological polar surface area (TPSA) is 41.5 Å². The van der Waals surface area contributed by atoms with Crippen LogP contribution in [0.1, 0.15) is 42.0 Å². The van der Waals surface area contributed by atoms with E-state index in [1.54, 1.807) is 30.3 Å². The van der Waals surface area contributed by atoms with E-state index in [4.69, 9.17) is 16.6 Å². The fourth-order valence-corrected chi connectivity index (χ4v) is 3.96. The van der Waals surface area contributed by atoms with Gasteiger partial charge in [-0.1, -0.05) is 49.7 Å². The number of halogens is 2. The van der Waals surface area contributed by atoms with E-state index in [0.29, 0.717) is 28.8 Å². The molecule has 1 aliphatic heterocycles. The minimum absolute atomic E-state index is 0.172. The average Bonchev–Trinajstić information content (AvgIpc) is 2.85. The molecule has 0 aromatic heterocycles. The molecule has 3 aromatic carbocycles. The molecule has 1 atom stereocenters. The molecule has 3 aromatic rings. The highest BCUT2D eigenvalue weighted by Gasteiger charge is 2.27. The minimum Gasteiger partial charge on any atom is -0.324 e. The van der Waals surface area contributed by atoms with E-state index in [0.717, 1.165) is 16.7 Å². The van der Waals surface area contributed by atoms with Crippen LogP contribution >= 0.6 is 11.6 Å². The summed E-state index contributed by atoms with van der Waals surface area (Å²) in [7, 11) is 0. The molecule has 5 heteroatoms. The molecule has 1 aliphatic rings. The first-order valence-electron chi connectivity index (χ1n) is 9.94. The lowest BCUT2D eigenvalue weighted by Gasteiger charge is -2.16. The van der Waals surface area contributed by atoms with Crippen LogP contribution in [0.2, 0.25) is 5.02 Å². The molecule has 0 radical (unpaired) electrons. The van der Waals surface area contributed by atoms with Gasteiger partial charge in [-0.3, -0.25) is 9.79 Å². The molecule has 1 amide bonds. The molecule has 0 bridgehead atoms. The van der Waals surface area contributed by atoms with Gasteiger partial charge in [-0.15, -0.1) is 0 Å². The summed E-state index contributed by atoms with van der Waals surface area (Å²) in [4.78, 5) is 17.9. The monoisotopic (exact) mass is 420 g/mol. The van der Waals surface area contributed by atoms with Gasteiger partial charge in [-0.05, 0) is 59.5 Å². The third-order valence-electron chi connectivity index (χ3n) is 5.29.